The number of hydrogen-bond donors (Lipinski definition) is 3. The van der Waals surface area contributed by atoms with Crippen LogP contribution in [0.25, 0.3) is 11.0 Å². The van der Waals surface area contributed by atoms with Gasteiger partial charge in [-0.15, -0.1) is 0 Å². The van der Waals surface area contributed by atoms with Crippen LogP contribution in [0.2, 0.25) is 0 Å². The number of rotatable bonds is 3. The number of hydrogen-bond acceptors (Lipinski definition) is 3. The van der Waals surface area contributed by atoms with Gasteiger partial charge in [0.2, 0.25) is 0 Å². The summed E-state index contributed by atoms with van der Waals surface area (Å²) in [6.45, 7) is 0. The summed E-state index contributed by atoms with van der Waals surface area (Å²) < 4.78 is 0. The summed E-state index contributed by atoms with van der Waals surface area (Å²) in [5.41, 5.74) is 1.88. The largest absolute Gasteiger partial charge is 0.426 e. The fourth-order valence-corrected chi connectivity index (χ4v) is 1.28. The average Bonchev–Trinajstić information content (AvgIpc) is 2.62. The zero-order valence-electron chi connectivity index (χ0n) is 7.04. The lowest BCUT2D eigenvalue weighted by atomic mass is 9.97. The van der Waals surface area contributed by atoms with Crippen LogP contribution in [0.5, 0.6) is 0 Å². The number of anilines is 1. The second-order valence-corrected chi connectivity index (χ2v) is 2.68. The van der Waals surface area contributed by atoms with Crippen LogP contribution < -0.4 is 5.23 Å². The molecule has 0 unspecified atom stereocenters. The Hall–Kier alpha value is -1.78. The number of nitrogens with zero attached hydrogens (tertiary/aromatic N) is 1. The first kappa shape index (κ1) is 7.85. The van der Waals surface area contributed by atoms with Crippen molar-refractivity contribution in [2.24, 2.45) is 0 Å². The van der Waals surface area contributed by atoms with Crippen LogP contribution in [0.15, 0.2) is 24.5 Å². The Morgan fingerprint density at radius 3 is 3.31 bits per heavy atom. The highest BCUT2D eigenvalue weighted by atomic mass is 14.9. The molecule has 2 aromatic rings. The number of aromatic nitrogens is 2. The molecule has 5 heteroatoms. The molecule has 0 aliphatic carbocycles. The van der Waals surface area contributed by atoms with Gasteiger partial charge < -0.3 is 15.6 Å². The van der Waals surface area contributed by atoms with Crippen LogP contribution >= 0.6 is 0 Å². The topological polar surface area (TPSA) is 64.6 Å². The molecule has 0 saturated carbocycles. The molecule has 0 radical (unpaired) electrons. The minimum absolute atomic E-state index is 0.546. The Labute approximate surface area is 76.2 Å². The van der Waals surface area contributed by atoms with E-state index in [-0.39, 0.29) is 0 Å². The molecule has 0 atom stereocenters. The van der Waals surface area contributed by atoms with E-state index in [0.717, 1.165) is 16.7 Å². The van der Waals surface area contributed by atoms with Crippen molar-refractivity contribution in [1.82, 2.24) is 9.97 Å². The predicted molar refractivity (Wildman–Crippen MR) is 55.6 cm³/mol. The molecule has 0 amide bonds. The lowest BCUT2D eigenvalue weighted by molar-refractivity contribution is 1.33. The SMILES string of the molecule is N=CBNc1ccnc2[nH]ccc12. The molecule has 2 rings (SSSR count). The first-order chi connectivity index (χ1) is 6.42. The monoisotopic (exact) mass is 172 g/mol. The predicted octanol–water partition coefficient (Wildman–Crippen LogP) is 0.933. The van der Waals surface area contributed by atoms with Gasteiger partial charge in [0.15, 0.2) is 0 Å². The minimum atomic E-state index is 0.546. The van der Waals surface area contributed by atoms with Crippen molar-refractivity contribution < 1.29 is 0 Å². The standard InChI is InChI=1S/C8H9BN4/c10-5-9-13-7-2-4-12-8-6(7)1-3-11-8/h1-5,9-10H,(H2,11,12,13). The fourth-order valence-electron chi connectivity index (χ4n) is 1.28. The molecule has 0 fully saturated rings. The van der Waals surface area contributed by atoms with Crippen LogP contribution in [0, 0.1) is 5.41 Å². The highest BCUT2D eigenvalue weighted by molar-refractivity contribution is 6.70. The Balaban J connectivity index is 2.42. The van der Waals surface area contributed by atoms with Crippen molar-refractivity contribution in [3.63, 3.8) is 0 Å². The lowest BCUT2D eigenvalue weighted by Crippen LogP contribution is -2.06. The van der Waals surface area contributed by atoms with Crippen molar-refractivity contribution in [1.29, 1.82) is 5.41 Å². The van der Waals surface area contributed by atoms with E-state index in [4.69, 9.17) is 5.41 Å². The Bertz CT molecular complexity index is 423. The number of fused-ring (bicyclic) bond motifs is 1. The molecule has 0 aromatic carbocycles. The van der Waals surface area contributed by atoms with Crippen LogP contribution in [0.3, 0.4) is 0 Å². The van der Waals surface area contributed by atoms with E-state index in [9.17, 15) is 0 Å². The van der Waals surface area contributed by atoms with Gasteiger partial charge in [0, 0.05) is 23.5 Å². The zero-order valence-corrected chi connectivity index (χ0v) is 7.04. The van der Waals surface area contributed by atoms with Gasteiger partial charge in [-0.25, -0.2) is 4.98 Å². The highest BCUT2D eigenvalue weighted by Crippen LogP contribution is 2.19. The minimum Gasteiger partial charge on any atom is -0.426 e. The Kier molecular flexibility index (Phi) is 2.00. The van der Waals surface area contributed by atoms with Gasteiger partial charge in [-0.2, -0.15) is 0 Å². The number of pyridine rings is 1. The Morgan fingerprint density at radius 2 is 2.46 bits per heavy atom. The van der Waals surface area contributed by atoms with Gasteiger partial charge in [-0.1, -0.05) is 0 Å². The maximum absolute atomic E-state index is 6.91. The fraction of sp³-hybridized carbons (Fsp3) is 0. The van der Waals surface area contributed by atoms with Crippen molar-refractivity contribution in [2.75, 3.05) is 5.23 Å². The second kappa shape index (κ2) is 3.31. The summed E-state index contributed by atoms with van der Waals surface area (Å²) in [7, 11) is 0.546. The van der Waals surface area contributed by atoms with Gasteiger partial charge in [0.1, 0.15) is 5.65 Å². The van der Waals surface area contributed by atoms with Gasteiger partial charge in [-0.3, -0.25) is 0 Å². The molecule has 0 spiro atoms. The van der Waals surface area contributed by atoms with Crippen molar-refractivity contribution >= 4 is 30.2 Å². The number of H-pyrrole nitrogens is 1. The molecule has 13 heavy (non-hydrogen) atoms. The van der Waals surface area contributed by atoms with E-state index < -0.39 is 0 Å². The van der Waals surface area contributed by atoms with Gasteiger partial charge >= 0.3 is 0 Å². The Morgan fingerprint density at radius 1 is 1.54 bits per heavy atom. The second-order valence-electron chi connectivity index (χ2n) is 2.68. The van der Waals surface area contributed by atoms with E-state index in [2.05, 4.69) is 15.2 Å². The van der Waals surface area contributed by atoms with Crippen molar-refractivity contribution in [3.05, 3.63) is 24.5 Å². The molecule has 2 heterocycles. The molecule has 3 N–H and O–H groups in total. The number of aromatic amines is 1. The van der Waals surface area contributed by atoms with Crippen LogP contribution in [-0.4, -0.2) is 23.5 Å². The summed E-state index contributed by atoms with van der Waals surface area (Å²) in [5, 5.41) is 11.1. The van der Waals surface area contributed by atoms with E-state index in [0.29, 0.717) is 7.41 Å². The molecule has 64 valence electrons. The third kappa shape index (κ3) is 1.40. The van der Waals surface area contributed by atoms with E-state index in [1.165, 1.54) is 6.11 Å². The van der Waals surface area contributed by atoms with Crippen LogP contribution in [0.1, 0.15) is 0 Å². The molecule has 0 aliphatic rings. The van der Waals surface area contributed by atoms with E-state index >= 15 is 0 Å². The smallest absolute Gasteiger partial charge is 0.278 e. The third-order valence-corrected chi connectivity index (χ3v) is 1.85. The number of nitrogens with one attached hydrogen (secondary N) is 3. The van der Waals surface area contributed by atoms with Gasteiger partial charge in [0.25, 0.3) is 7.41 Å². The molecule has 4 nitrogen and oxygen atoms in total. The molecule has 0 aliphatic heterocycles. The lowest BCUT2D eigenvalue weighted by Gasteiger charge is -2.02. The quantitative estimate of drug-likeness (QED) is 0.476. The van der Waals surface area contributed by atoms with E-state index in [1.807, 2.05) is 18.3 Å². The molecular weight excluding hydrogens is 163 g/mol. The summed E-state index contributed by atoms with van der Waals surface area (Å²) in [6.07, 6.45) is 4.93. The van der Waals surface area contributed by atoms with Crippen molar-refractivity contribution in [2.45, 2.75) is 0 Å². The molecule has 0 bridgehead atoms. The molecule has 0 saturated heterocycles. The van der Waals surface area contributed by atoms with Crippen LogP contribution in [-0.2, 0) is 0 Å². The van der Waals surface area contributed by atoms with Gasteiger partial charge in [0.05, 0.1) is 0 Å². The third-order valence-electron chi connectivity index (χ3n) is 1.85. The first-order valence-corrected chi connectivity index (χ1v) is 4.06. The summed E-state index contributed by atoms with van der Waals surface area (Å²) >= 11 is 0. The maximum atomic E-state index is 6.91. The van der Waals surface area contributed by atoms with Crippen LogP contribution in [0.4, 0.5) is 5.69 Å². The normalized spacial score (nSPS) is 9.85. The summed E-state index contributed by atoms with van der Waals surface area (Å²) in [5.74, 6) is 0. The summed E-state index contributed by atoms with van der Waals surface area (Å²) in [4.78, 5) is 7.19. The summed E-state index contributed by atoms with van der Waals surface area (Å²) in [6, 6.07) is 3.87. The molecule has 2 aromatic heterocycles. The zero-order chi connectivity index (χ0) is 9.10. The average molecular weight is 172 g/mol. The van der Waals surface area contributed by atoms with Gasteiger partial charge in [-0.05, 0) is 18.2 Å². The van der Waals surface area contributed by atoms with E-state index in [1.54, 1.807) is 6.20 Å². The molecular formula is C8H9BN4. The maximum Gasteiger partial charge on any atom is 0.278 e. The van der Waals surface area contributed by atoms with Crippen molar-refractivity contribution in [3.8, 4) is 0 Å². The highest BCUT2D eigenvalue weighted by Gasteiger charge is 2.00. The first-order valence-electron chi connectivity index (χ1n) is 4.06.